The second-order valence-electron chi connectivity index (χ2n) is 8.05. The Labute approximate surface area is 210 Å². The van der Waals surface area contributed by atoms with E-state index in [-0.39, 0.29) is 34.4 Å². The Morgan fingerprint density at radius 2 is 1.33 bits per heavy atom. The third-order valence-corrected chi connectivity index (χ3v) is 5.50. The van der Waals surface area contributed by atoms with Gasteiger partial charge in [-0.25, -0.2) is 24.2 Å². The fourth-order valence-corrected chi connectivity index (χ4v) is 3.65. The molecular formula is C29H27NO6. The lowest BCUT2D eigenvalue weighted by Gasteiger charge is -2.14. The highest BCUT2D eigenvalue weighted by atomic mass is 17.2. The van der Waals surface area contributed by atoms with Crippen LogP contribution in [0.2, 0.25) is 0 Å². The number of hydrogen-bond donors (Lipinski definition) is 0. The van der Waals surface area contributed by atoms with Gasteiger partial charge in [-0.3, -0.25) is 0 Å². The number of rotatable bonds is 10. The molecule has 0 saturated carbocycles. The molecule has 0 aromatic heterocycles. The molecule has 0 unspecified atom stereocenters. The molecule has 36 heavy (non-hydrogen) atoms. The Morgan fingerprint density at radius 1 is 0.722 bits per heavy atom. The first-order chi connectivity index (χ1) is 17.6. The number of esters is 1. The summed E-state index contributed by atoms with van der Waals surface area (Å²) in [7, 11) is 0. The van der Waals surface area contributed by atoms with Gasteiger partial charge in [-0.15, -0.1) is 0 Å². The first-order valence-electron chi connectivity index (χ1n) is 11.8. The third kappa shape index (κ3) is 6.80. The molecule has 0 saturated heterocycles. The molecule has 0 amide bonds. The lowest BCUT2D eigenvalue weighted by Crippen LogP contribution is -2.15. The lowest BCUT2D eigenvalue weighted by molar-refractivity contribution is -0.187. The summed E-state index contributed by atoms with van der Waals surface area (Å²) < 4.78 is 5.46. The van der Waals surface area contributed by atoms with Crippen LogP contribution in [0.3, 0.4) is 0 Å². The van der Waals surface area contributed by atoms with Gasteiger partial charge in [0.15, 0.2) is 0 Å². The first kappa shape index (κ1) is 26.2. The van der Waals surface area contributed by atoms with Crippen LogP contribution in [0.25, 0.3) is 11.1 Å². The van der Waals surface area contributed by atoms with Crippen LogP contribution < -0.4 is 0 Å². The molecule has 0 radical (unpaired) electrons. The first-order valence-corrected chi connectivity index (χ1v) is 11.8. The molecular weight excluding hydrogens is 458 g/mol. The molecule has 0 atom stereocenters. The van der Waals surface area contributed by atoms with Gasteiger partial charge in [0.25, 0.3) is 0 Å². The highest BCUT2D eigenvalue weighted by Gasteiger charge is 2.25. The van der Waals surface area contributed by atoms with E-state index in [1.165, 1.54) is 24.3 Å². The van der Waals surface area contributed by atoms with Gasteiger partial charge in [0.2, 0.25) is 0 Å². The summed E-state index contributed by atoms with van der Waals surface area (Å²) in [5.41, 5.74) is 0.929. The molecule has 3 aromatic carbocycles. The van der Waals surface area contributed by atoms with Gasteiger partial charge in [0, 0.05) is 5.56 Å². The number of carbonyl (C=O) groups excluding carboxylic acids is 3. The van der Waals surface area contributed by atoms with Gasteiger partial charge in [0.05, 0.1) is 28.9 Å². The van der Waals surface area contributed by atoms with E-state index >= 15 is 0 Å². The Morgan fingerprint density at radius 3 is 2.00 bits per heavy atom. The molecule has 0 aliphatic carbocycles. The van der Waals surface area contributed by atoms with Crippen molar-refractivity contribution < 1.29 is 28.9 Å². The lowest BCUT2D eigenvalue weighted by atomic mass is 9.91. The largest absolute Gasteiger partial charge is 0.462 e. The second kappa shape index (κ2) is 13.4. The van der Waals surface area contributed by atoms with Crippen molar-refractivity contribution in [3.8, 4) is 17.2 Å². The van der Waals surface area contributed by atoms with Crippen LogP contribution in [0.5, 0.6) is 0 Å². The van der Waals surface area contributed by atoms with Crippen molar-refractivity contribution in [3.63, 3.8) is 0 Å². The van der Waals surface area contributed by atoms with Gasteiger partial charge >= 0.3 is 17.9 Å². The molecule has 0 spiro atoms. The van der Waals surface area contributed by atoms with Crippen LogP contribution >= 0.6 is 0 Å². The van der Waals surface area contributed by atoms with Crippen molar-refractivity contribution in [2.75, 3.05) is 6.61 Å². The van der Waals surface area contributed by atoms with Gasteiger partial charge in [-0.05, 0) is 36.2 Å². The molecule has 0 fully saturated rings. The second-order valence-corrected chi connectivity index (χ2v) is 8.05. The SMILES string of the molecule is CCCCCCCOC(=O)c1ccc(C(=O)OOC(=O)c2ccccc2)c(C#N)c1-c1ccccc1. The smallest absolute Gasteiger partial charge is 0.387 e. The summed E-state index contributed by atoms with van der Waals surface area (Å²) in [6.07, 6.45) is 5.04. The summed E-state index contributed by atoms with van der Waals surface area (Å²) in [4.78, 5) is 47.2. The zero-order valence-electron chi connectivity index (χ0n) is 20.1. The molecule has 3 rings (SSSR count). The molecule has 0 N–H and O–H groups in total. The van der Waals surface area contributed by atoms with E-state index in [0.717, 1.165) is 32.1 Å². The van der Waals surface area contributed by atoms with Gasteiger partial charge in [-0.2, -0.15) is 5.26 Å². The van der Waals surface area contributed by atoms with E-state index in [4.69, 9.17) is 9.62 Å². The summed E-state index contributed by atoms with van der Waals surface area (Å²) in [5, 5.41) is 9.95. The molecule has 0 aliphatic rings. The van der Waals surface area contributed by atoms with E-state index in [0.29, 0.717) is 5.56 Å². The van der Waals surface area contributed by atoms with Crippen LogP contribution in [-0.4, -0.2) is 24.5 Å². The van der Waals surface area contributed by atoms with Crippen molar-refractivity contribution in [1.29, 1.82) is 5.26 Å². The van der Waals surface area contributed by atoms with Gasteiger partial charge < -0.3 is 4.74 Å². The van der Waals surface area contributed by atoms with Gasteiger partial charge in [-0.1, -0.05) is 81.1 Å². The number of carbonyl (C=O) groups is 3. The van der Waals surface area contributed by atoms with Crippen molar-refractivity contribution >= 4 is 17.9 Å². The van der Waals surface area contributed by atoms with E-state index in [1.54, 1.807) is 48.5 Å². The van der Waals surface area contributed by atoms with Crippen molar-refractivity contribution in [2.24, 2.45) is 0 Å². The number of ether oxygens (including phenoxy) is 1. The zero-order valence-corrected chi connectivity index (χ0v) is 20.1. The summed E-state index contributed by atoms with van der Waals surface area (Å²) in [5.74, 6) is -2.48. The average molecular weight is 486 g/mol. The maximum atomic E-state index is 12.9. The molecule has 0 bridgehead atoms. The standard InChI is InChI=1S/C29H27NO6/c1-2-3-4-5-12-19-34-28(32)24-18-17-23(25(20-30)26(24)21-13-8-6-9-14-21)29(33)36-35-27(31)22-15-10-7-11-16-22/h6-11,13-18H,2-5,12,19H2,1H3. The summed E-state index contributed by atoms with van der Waals surface area (Å²) in [6.45, 7) is 2.39. The van der Waals surface area contributed by atoms with E-state index in [1.807, 2.05) is 6.07 Å². The van der Waals surface area contributed by atoms with E-state index in [9.17, 15) is 19.6 Å². The van der Waals surface area contributed by atoms with E-state index < -0.39 is 17.9 Å². The summed E-state index contributed by atoms with van der Waals surface area (Å²) >= 11 is 0. The van der Waals surface area contributed by atoms with Crippen LogP contribution in [-0.2, 0) is 14.5 Å². The molecule has 7 nitrogen and oxygen atoms in total. The number of unbranched alkanes of at least 4 members (excludes halogenated alkanes) is 4. The minimum absolute atomic E-state index is 0.0839. The van der Waals surface area contributed by atoms with Crippen molar-refractivity contribution in [1.82, 2.24) is 0 Å². The highest BCUT2D eigenvalue weighted by molar-refractivity contribution is 6.03. The quantitative estimate of drug-likeness (QED) is 0.144. The molecule has 0 aliphatic heterocycles. The molecule has 3 aromatic rings. The normalized spacial score (nSPS) is 10.2. The Balaban J connectivity index is 1.84. The number of nitriles is 1. The monoisotopic (exact) mass is 485 g/mol. The van der Waals surface area contributed by atoms with Crippen molar-refractivity contribution in [2.45, 2.75) is 39.0 Å². The Hall–Kier alpha value is -4.44. The molecule has 0 heterocycles. The maximum Gasteiger partial charge on any atom is 0.387 e. The van der Waals surface area contributed by atoms with Gasteiger partial charge in [0.1, 0.15) is 6.07 Å². The third-order valence-electron chi connectivity index (χ3n) is 5.50. The maximum absolute atomic E-state index is 12.9. The fourth-order valence-electron chi connectivity index (χ4n) is 3.65. The molecule has 184 valence electrons. The van der Waals surface area contributed by atoms with E-state index in [2.05, 4.69) is 11.8 Å². The van der Waals surface area contributed by atoms with Crippen LogP contribution in [0.1, 0.15) is 75.7 Å². The number of benzene rings is 3. The average Bonchev–Trinajstić information content (AvgIpc) is 2.93. The van der Waals surface area contributed by atoms with Crippen molar-refractivity contribution in [3.05, 3.63) is 95.1 Å². The fraction of sp³-hybridized carbons (Fsp3) is 0.241. The highest BCUT2D eigenvalue weighted by Crippen LogP contribution is 2.31. The minimum atomic E-state index is -1.04. The number of hydrogen-bond acceptors (Lipinski definition) is 7. The molecule has 7 heteroatoms. The summed E-state index contributed by atoms with van der Waals surface area (Å²) in [6, 6.07) is 21.5. The Kier molecular flexibility index (Phi) is 9.78. The topological polar surface area (TPSA) is 103 Å². The number of nitrogens with zero attached hydrogens (tertiary/aromatic N) is 1. The van der Waals surface area contributed by atoms with Crippen LogP contribution in [0.4, 0.5) is 0 Å². The Bertz CT molecular complexity index is 1230. The predicted octanol–water partition coefficient (Wildman–Crippen LogP) is 6.28. The zero-order chi connectivity index (χ0) is 25.8. The minimum Gasteiger partial charge on any atom is -0.462 e. The van der Waals surface area contributed by atoms with Crippen LogP contribution in [0, 0.1) is 11.3 Å². The predicted molar refractivity (Wildman–Crippen MR) is 133 cm³/mol. The van der Waals surface area contributed by atoms with Crippen LogP contribution in [0.15, 0.2) is 72.8 Å².